The number of aromatic nitrogens is 1. The van der Waals surface area contributed by atoms with E-state index in [1.54, 1.807) is 31.5 Å². The molecule has 1 aromatic carbocycles. The molecule has 1 aliphatic heterocycles. The lowest BCUT2D eigenvalue weighted by Crippen LogP contribution is -2.49. The van der Waals surface area contributed by atoms with Crippen molar-refractivity contribution in [3.05, 3.63) is 65.5 Å². The van der Waals surface area contributed by atoms with Crippen molar-refractivity contribution >= 4 is 29.6 Å². The lowest BCUT2D eigenvalue weighted by atomic mass is 9.97. The van der Waals surface area contributed by atoms with Gasteiger partial charge in [0.1, 0.15) is 11.9 Å². The number of pyridine rings is 1. The highest BCUT2D eigenvalue weighted by molar-refractivity contribution is 5.95. The predicted octanol–water partition coefficient (Wildman–Crippen LogP) is 1.90. The average Bonchev–Trinajstić information content (AvgIpc) is 3.43. The van der Waals surface area contributed by atoms with Crippen molar-refractivity contribution < 1.29 is 55.7 Å². The molecule has 12 nitrogen and oxygen atoms in total. The van der Waals surface area contributed by atoms with E-state index in [0.29, 0.717) is 18.5 Å². The molecule has 3 atom stereocenters. The molecule has 0 aliphatic carbocycles. The highest BCUT2D eigenvalue weighted by atomic mass is 19.4. The Morgan fingerprint density at radius 3 is 1.93 bits per heavy atom. The number of aliphatic carboxylic acids is 2. The predicted molar refractivity (Wildman–Crippen MR) is 138 cm³/mol. The second kappa shape index (κ2) is 16.0. The molecule has 0 spiro atoms. The van der Waals surface area contributed by atoms with Gasteiger partial charge in [0.15, 0.2) is 0 Å². The summed E-state index contributed by atoms with van der Waals surface area (Å²) in [6, 6.07) is 10.1. The van der Waals surface area contributed by atoms with Crippen molar-refractivity contribution in [1.29, 1.82) is 5.41 Å². The molecule has 0 radical (unpaired) electrons. The Hall–Kier alpha value is -4.74. The van der Waals surface area contributed by atoms with Gasteiger partial charge in [0.25, 0.3) is 0 Å². The van der Waals surface area contributed by atoms with Crippen molar-refractivity contribution in [2.45, 2.75) is 50.2 Å². The normalized spacial score (nSPS) is 16.7. The second-order valence-electron chi connectivity index (χ2n) is 8.84. The fourth-order valence-electron chi connectivity index (χ4n) is 3.35. The zero-order chi connectivity index (χ0) is 33.0. The number of carboxylic acid groups (broad SMARTS) is 2. The van der Waals surface area contributed by atoms with Crippen LogP contribution in [0.5, 0.6) is 0 Å². The Morgan fingerprint density at radius 2 is 1.49 bits per heavy atom. The van der Waals surface area contributed by atoms with Crippen molar-refractivity contribution in [2.24, 2.45) is 5.73 Å². The van der Waals surface area contributed by atoms with E-state index < -0.39 is 30.3 Å². The molecule has 43 heavy (non-hydrogen) atoms. The number of nitrogen functional groups attached to an aromatic ring is 1. The number of carboxylic acids is 2. The van der Waals surface area contributed by atoms with Crippen LogP contribution >= 0.6 is 0 Å². The number of nitrogens with one attached hydrogen (secondary N) is 4. The Kier molecular flexibility index (Phi) is 13.5. The first-order valence-corrected chi connectivity index (χ1v) is 12.1. The number of amidine groups is 1. The first-order chi connectivity index (χ1) is 19.8. The molecule has 1 aromatic heterocycles. The van der Waals surface area contributed by atoms with Crippen LogP contribution in [0.3, 0.4) is 0 Å². The first kappa shape index (κ1) is 36.3. The van der Waals surface area contributed by atoms with E-state index in [1.807, 2.05) is 24.3 Å². The van der Waals surface area contributed by atoms with Crippen LogP contribution in [0, 0.1) is 5.41 Å². The lowest BCUT2D eigenvalue weighted by Gasteiger charge is -2.17. The summed E-state index contributed by atoms with van der Waals surface area (Å²) in [4.78, 5) is 46.6. The van der Waals surface area contributed by atoms with Gasteiger partial charge < -0.3 is 31.9 Å². The van der Waals surface area contributed by atoms with Crippen molar-refractivity contribution in [2.75, 3.05) is 6.54 Å². The van der Waals surface area contributed by atoms with Gasteiger partial charge >= 0.3 is 24.3 Å². The van der Waals surface area contributed by atoms with E-state index in [-0.39, 0.29) is 29.6 Å². The molecule has 18 heteroatoms. The largest absolute Gasteiger partial charge is 0.490 e. The van der Waals surface area contributed by atoms with Crippen molar-refractivity contribution in [1.82, 2.24) is 20.9 Å². The average molecular weight is 623 g/mol. The summed E-state index contributed by atoms with van der Waals surface area (Å²) < 4.78 is 63.5. The molecule has 0 bridgehead atoms. The van der Waals surface area contributed by atoms with Gasteiger partial charge in [-0.2, -0.15) is 26.3 Å². The van der Waals surface area contributed by atoms with E-state index in [9.17, 15) is 35.9 Å². The lowest BCUT2D eigenvalue weighted by molar-refractivity contribution is -0.193. The molecule has 1 fully saturated rings. The maximum Gasteiger partial charge on any atom is 0.490 e. The van der Waals surface area contributed by atoms with Gasteiger partial charge in [-0.3, -0.25) is 20.0 Å². The number of rotatable bonds is 7. The molecule has 1 saturated heterocycles. The first-order valence-electron chi connectivity index (χ1n) is 12.1. The number of amides is 2. The number of hydrogen-bond acceptors (Lipinski definition) is 7. The van der Waals surface area contributed by atoms with Crippen LogP contribution < -0.4 is 21.7 Å². The molecule has 0 saturated carbocycles. The Balaban J connectivity index is 0.000000548. The number of hydrogen-bond donors (Lipinski definition) is 7. The summed E-state index contributed by atoms with van der Waals surface area (Å²) in [7, 11) is 0. The van der Waals surface area contributed by atoms with E-state index in [1.165, 1.54) is 0 Å². The van der Waals surface area contributed by atoms with Crippen LogP contribution in [0.4, 0.5) is 26.3 Å². The zero-order valence-electron chi connectivity index (χ0n) is 22.3. The molecule has 236 valence electrons. The number of nitrogens with two attached hydrogens (primary N) is 1. The highest BCUT2D eigenvalue weighted by Gasteiger charge is 2.39. The standard InChI is InChI=1S/C21H26N6O2.2C2HF3O2/c1-13(20(28)26-11-14-2-4-16(5-3-14)19(22)23)27-21(29)18-10-17(12-25-18)15-6-8-24-9-7-15;2*3-2(4,5)1(6)7/h2-9,13,17-18,25H,10-12H2,1H3,(H3,22,23)(H,26,28)(H,27,29);2*(H,6,7)/t13?,17-,18-;;/m1../s1. The van der Waals surface area contributed by atoms with Crippen LogP contribution in [-0.4, -0.2) is 75.8 Å². The van der Waals surface area contributed by atoms with E-state index >= 15 is 0 Å². The number of halogens is 6. The van der Waals surface area contributed by atoms with E-state index in [4.69, 9.17) is 30.9 Å². The smallest absolute Gasteiger partial charge is 0.475 e. The number of carbonyl (C=O) groups excluding carboxylic acids is 2. The van der Waals surface area contributed by atoms with Crippen LogP contribution in [0.1, 0.15) is 36.0 Å². The third kappa shape index (κ3) is 13.2. The molecule has 1 aliphatic rings. The van der Waals surface area contributed by atoms with E-state index in [0.717, 1.165) is 17.7 Å². The summed E-state index contributed by atoms with van der Waals surface area (Å²) in [6.45, 7) is 2.73. The van der Waals surface area contributed by atoms with Crippen LogP contribution in [0.25, 0.3) is 0 Å². The molecule has 8 N–H and O–H groups in total. The topological polar surface area (TPSA) is 208 Å². The van der Waals surface area contributed by atoms with Gasteiger partial charge in [-0.05, 0) is 42.5 Å². The maximum absolute atomic E-state index is 12.5. The summed E-state index contributed by atoms with van der Waals surface area (Å²) in [6.07, 6.45) is -5.97. The zero-order valence-corrected chi connectivity index (χ0v) is 22.3. The molecule has 3 rings (SSSR count). The Labute approximate surface area is 240 Å². The molecule has 2 heterocycles. The van der Waals surface area contributed by atoms with Crippen molar-refractivity contribution in [3.63, 3.8) is 0 Å². The molecule has 2 aromatic rings. The van der Waals surface area contributed by atoms with Crippen LogP contribution in [0.15, 0.2) is 48.8 Å². The summed E-state index contributed by atoms with van der Waals surface area (Å²) >= 11 is 0. The summed E-state index contributed by atoms with van der Waals surface area (Å²) in [5.41, 5.74) is 8.11. The third-order valence-electron chi connectivity index (χ3n) is 5.59. The fourth-order valence-corrected chi connectivity index (χ4v) is 3.35. The fraction of sp³-hybridized carbons (Fsp3) is 0.360. The molecular formula is C25H28F6N6O6. The van der Waals surface area contributed by atoms with Gasteiger partial charge in [-0.25, -0.2) is 9.59 Å². The van der Waals surface area contributed by atoms with Gasteiger partial charge in [0.05, 0.1) is 6.04 Å². The van der Waals surface area contributed by atoms with Gasteiger partial charge in [0.2, 0.25) is 11.8 Å². The minimum atomic E-state index is -5.08. The van der Waals surface area contributed by atoms with E-state index in [2.05, 4.69) is 20.9 Å². The van der Waals surface area contributed by atoms with Gasteiger partial charge in [-0.15, -0.1) is 0 Å². The van der Waals surface area contributed by atoms with Gasteiger partial charge in [-0.1, -0.05) is 24.3 Å². The quantitative estimate of drug-likeness (QED) is 0.137. The Bertz CT molecular complexity index is 1230. The minimum absolute atomic E-state index is 0.00334. The SMILES string of the molecule is CC(NC(=O)[C@H]1C[C@@H](c2ccncc2)CN1)C(=O)NCc1ccc(C(=N)N)cc1.O=C(O)C(F)(F)F.O=C(O)C(F)(F)F. The number of carbonyl (C=O) groups is 4. The highest BCUT2D eigenvalue weighted by Crippen LogP contribution is 2.25. The monoisotopic (exact) mass is 622 g/mol. The summed E-state index contributed by atoms with van der Waals surface area (Å²) in [5, 5.41) is 30.5. The van der Waals surface area contributed by atoms with Gasteiger partial charge in [0, 0.05) is 31.0 Å². The number of nitrogens with zero attached hydrogens (tertiary/aromatic N) is 1. The van der Waals surface area contributed by atoms with Crippen LogP contribution in [-0.2, 0) is 25.7 Å². The van der Waals surface area contributed by atoms with Crippen molar-refractivity contribution in [3.8, 4) is 0 Å². The summed E-state index contributed by atoms with van der Waals surface area (Å²) in [5.74, 6) is -5.67. The Morgan fingerprint density at radius 1 is 1.00 bits per heavy atom. The maximum atomic E-state index is 12.5. The second-order valence-corrected chi connectivity index (χ2v) is 8.84. The molecular weight excluding hydrogens is 594 g/mol. The third-order valence-corrected chi connectivity index (χ3v) is 5.59. The number of benzene rings is 1. The van der Waals surface area contributed by atoms with Crippen LogP contribution in [0.2, 0.25) is 0 Å². The molecule has 2 amide bonds. The molecule has 1 unspecified atom stereocenters. The minimum Gasteiger partial charge on any atom is -0.475 e. The number of alkyl halides is 6.